The average Bonchev–Trinajstić information content (AvgIpc) is 3.53. The fourth-order valence-electron chi connectivity index (χ4n) is 8.50. The van der Waals surface area contributed by atoms with Crippen molar-refractivity contribution in [1.29, 1.82) is 0 Å². The Labute approximate surface area is 286 Å². The Kier molecular flexibility index (Phi) is 6.64. The second-order valence-corrected chi connectivity index (χ2v) is 14.4. The lowest BCUT2D eigenvalue weighted by Gasteiger charge is -2.53. The van der Waals surface area contributed by atoms with Crippen LogP contribution in [-0.2, 0) is 10.8 Å². The lowest BCUT2D eigenvalue weighted by atomic mass is 9.49. The molecule has 1 aliphatic carbocycles. The minimum atomic E-state index is -0.471. The highest BCUT2D eigenvalue weighted by Crippen LogP contribution is 2.62. The van der Waals surface area contributed by atoms with Gasteiger partial charge in [0.1, 0.15) is 0 Å². The number of anilines is 3. The van der Waals surface area contributed by atoms with Gasteiger partial charge in [-0.25, -0.2) is 0 Å². The maximum absolute atomic E-state index is 2.46. The van der Waals surface area contributed by atoms with Crippen LogP contribution in [0.15, 0.2) is 176 Å². The molecule has 1 unspecified atom stereocenters. The van der Waals surface area contributed by atoms with E-state index in [1.807, 2.05) is 11.3 Å². The zero-order valence-corrected chi connectivity index (χ0v) is 27.9. The molecule has 230 valence electrons. The molecule has 0 saturated carbocycles. The molecule has 1 heterocycles. The van der Waals surface area contributed by atoms with E-state index in [0.717, 1.165) is 17.1 Å². The number of benzene rings is 7. The molecule has 1 aliphatic rings. The predicted molar refractivity (Wildman–Crippen MR) is 205 cm³/mol. The van der Waals surface area contributed by atoms with Crippen LogP contribution in [0.5, 0.6) is 0 Å². The molecule has 0 saturated heterocycles. The van der Waals surface area contributed by atoms with Gasteiger partial charge in [0.05, 0.1) is 5.41 Å². The monoisotopic (exact) mass is 633 g/mol. The van der Waals surface area contributed by atoms with Gasteiger partial charge in [-0.3, -0.25) is 0 Å². The smallest absolute Gasteiger partial charge is 0.0562 e. The van der Waals surface area contributed by atoms with Crippen molar-refractivity contribution in [3.05, 3.63) is 198 Å². The number of rotatable bonds is 5. The highest BCUT2D eigenvalue weighted by molar-refractivity contribution is 7.26. The van der Waals surface area contributed by atoms with Gasteiger partial charge in [-0.15, -0.1) is 11.3 Å². The first-order valence-electron chi connectivity index (χ1n) is 16.7. The molecule has 0 radical (unpaired) electrons. The van der Waals surface area contributed by atoms with Crippen molar-refractivity contribution in [3.63, 3.8) is 0 Å². The van der Waals surface area contributed by atoms with E-state index in [-0.39, 0.29) is 5.41 Å². The molecule has 0 N–H and O–H groups in total. The first-order valence-corrected chi connectivity index (χ1v) is 17.5. The van der Waals surface area contributed by atoms with Crippen LogP contribution in [0, 0.1) is 0 Å². The molecule has 2 heteroatoms. The third-order valence-electron chi connectivity index (χ3n) is 10.6. The summed E-state index contributed by atoms with van der Waals surface area (Å²) >= 11 is 1.93. The topological polar surface area (TPSA) is 3.24 Å². The summed E-state index contributed by atoms with van der Waals surface area (Å²) in [6.45, 7) is 4.92. The lowest BCUT2D eigenvalue weighted by Crippen LogP contribution is -2.49. The first-order chi connectivity index (χ1) is 23.6. The van der Waals surface area contributed by atoms with Crippen molar-refractivity contribution in [3.8, 4) is 11.1 Å². The molecular formula is C46H35NS. The Balaban J connectivity index is 1.36. The minimum absolute atomic E-state index is 0.289. The van der Waals surface area contributed by atoms with Gasteiger partial charge in [0.2, 0.25) is 0 Å². The third-order valence-corrected chi connectivity index (χ3v) is 11.8. The largest absolute Gasteiger partial charge is 0.311 e. The number of hydrogen-bond acceptors (Lipinski definition) is 2. The SMILES string of the molecule is CC1(C)c2ccccc2-c2ccccc2C1(c1ccc(N(c2ccccc2)c2ccccc2)cc1)c1cccc2c1sc1ccccc12. The Hall–Kier alpha value is -5.44. The quantitative estimate of drug-likeness (QED) is 0.182. The Morgan fingerprint density at radius 2 is 0.917 bits per heavy atom. The molecule has 1 nitrogen and oxygen atoms in total. The van der Waals surface area contributed by atoms with E-state index in [9.17, 15) is 0 Å². The summed E-state index contributed by atoms with van der Waals surface area (Å²) < 4.78 is 2.69. The normalized spacial score (nSPS) is 16.4. The maximum atomic E-state index is 2.46. The van der Waals surface area contributed by atoms with Crippen molar-refractivity contribution in [1.82, 2.24) is 0 Å². The molecule has 0 spiro atoms. The summed E-state index contributed by atoms with van der Waals surface area (Å²) in [7, 11) is 0. The molecule has 8 aromatic rings. The van der Waals surface area contributed by atoms with Gasteiger partial charge in [0.15, 0.2) is 0 Å². The van der Waals surface area contributed by atoms with Gasteiger partial charge >= 0.3 is 0 Å². The van der Waals surface area contributed by atoms with Crippen LogP contribution in [0.3, 0.4) is 0 Å². The second-order valence-electron chi connectivity index (χ2n) is 13.3. The zero-order chi connectivity index (χ0) is 32.3. The van der Waals surface area contributed by atoms with E-state index >= 15 is 0 Å². The summed E-state index contributed by atoms with van der Waals surface area (Å²) in [5.41, 5.74) is 10.7. The summed E-state index contributed by atoms with van der Waals surface area (Å²) in [4.78, 5) is 2.35. The van der Waals surface area contributed by atoms with E-state index in [1.54, 1.807) is 0 Å². The number of fused-ring (bicyclic) bond motifs is 6. The number of nitrogens with zero attached hydrogens (tertiary/aromatic N) is 1. The second kappa shape index (κ2) is 11.1. The summed E-state index contributed by atoms with van der Waals surface area (Å²) in [5.74, 6) is 0. The van der Waals surface area contributed by atoms with Gasteiger partial charge in [-0.2, -0.15) is 0 Å². The van der Waals surface area contributed by atoms with Crippen LogP contribution in [0.2, 0.25) is 0 Å². The molecule has 0 aliphatic heterocycles. The van der Waals surface area contributed by atoms with Gasteiger partial charge in [-0.05, 0) is 75.8 Å². The summed E-state index contributed by atoms with van der Waals surface area (Å²) in [6.07, 6.45) is 0. The van der Waals surface area contributed by atoms with Crippen molar-refractivity contribution >= 4 is 48.6 Å². The molecule has 1 atom stereocenters. The number of hydrogen-bond donors (Lipinski definition) is 0. The van der Waals surface area contributed by atoms with Gasteiger partial charge in [0.25, 0.3) is 0 Å². The first kappa shape index (κ1) is 28.8. The van der Waals surface area contributed by atoms with Crippen LogP contribution < -0.4 is 4.90 Å². The van der Waals surface area contributed by atoms with Crippen molar-refractivity contribution in [2.24, 2.45) is 0 Å². The minimum Gasteiger partial charge on any atom is -0.311 e. The molecule has 0 amide bonds. The van der Waals surface area contributed by atoms with Gasteiger partial charge < -0.3 is 4.90 Å². The van der Waals surface area contributed by atoms with Crippen LogP contribution >= 0.6 is 11.3 Å². The Bertz CT molecular complexity index is 2380. The molecule has 48 heavy (non-hydrogen) atoms. The summed E-state index contributed by atoms with van der Waals surface area (Å²) in [5, 5.41) is 2.66. The van der Waals surface area contributed by atoms with Gasteiger partial charge in [-0.1, -0.05) is 147 Å². The van der Waals surface area contributed by atoms with Crippen molar-refractivity contribution < 1.29 is 0 Å². The lowest BCUT2D eigenvalue weighted by molar-refractivity contribution is 0.356. The van der Waals surface area contributed by atoms with Crippen LogP contribution in [0.25, 0.3) is 31.3 Å². The van der Waals surface area contributed by atoms with E-state index in [2.05, 4.69) is 195 Å². The molecule has 0 bridgehead atoms. The van der Waals surface area contributed by atoms with E-state index in [0.29, 0.717) is 0 Å². The van der Waals surface area contributed by atoms with Crippen molar-refractivity contribution in [2.75, 3.05) is 4.90 Å². The molecule has 9 rings (SSSR count). The number of thiophene rings is 1. The predicted octanol–water partition coefficient (Wildman–Crippen LogP) is 12.8. The highest BCUT2D eigenvalue weighted by Gasteiger charge is 2.55. The third kappa shape index (κ3) is 4.09. The number of para-hydroxylation sites is 2. The molecule has 0 fully saturated rings. The highest BCUT2D eigenvalue weighted by atomic mass is 32.1. The molecular weight excluding hydrogens is 599 g/mol. The fourth-order valence-corrected chi connectivity index (χ4v) is 9.78. The Morgan fingerprint density at radius 1 is 0.417 bits per heavy atom. The fraction of sp³-hybridized carbons (Fsp3) is 0.0870. The standard InChI is InChI=1S/C46H35NS/c1-45(2)40-24-12-9-20-36(40)37-21-10-13-25-41(37)46(45,42-26-15-23-39-38-22-11-14-27-43(38)48-44(39)42)32-28-30-35(31-29-32)47(33-16-5-3-6-17-33)34-18-7-4-8-19-34/h3-31H,1-2H3. The Morgan fingerprint density at radius 3 is 1.60 bits per heavy atom. The van der Waals surface area contributed by atoms with Crippen LogP contribution in [0.4, 0.5) is 17.1 Å². The van der Waals surface area contributed by atoms with Crippen LogP contribution in [-0.4, -0.2) is 0 Å². The van der Waals surface area contributed by atoms with Crippen molar-refractivity contribution in [2.45, 2.75) is 24.7 Å². The molecule has 7 aromatic carbocycles. The zero-order valence-electron chi connectivity index (χ0n) is 27.1. The molecule has 1 aromatic heterocycles. The van der Waals surface area contributed by atoms with E-state index < -0.39 is 5.41 Å². The summed E-state index contributed by atoms with van der Waals surface area (Å²) in [6, 6.07) is 64.8. The maximum Gasteiger partial charge on any atom is 0.0562 e. The van der Waals surface area contributed by atoms with E-state index in [1.165, 1.54) is 53.6 Å². The average molecular weight is 634 g/mol. The van der Waals surface area contributed by atoms with Gasteiger partial charge in [0, 0.05) is 42.6 Å². The van der Waals surface area contributed by atoms with E-state index in [4.69, 9.17) is 0 Å². The van der Waals surface area contributed by atoms with Crippen LogP contribution in [0.1, 0.15) is 36.1 Å².